The quantitative estimate of drug-likeness (QED) is 0.848. The second kappa shape index (κ2) is 5.23. The number of benzene rings is 1. The third-order valence-corrected chi connectivity index (χ3v) is 4.49. The number of nitrogens with two attached hydrogens (primary N) is 1. The number of nitrogens with zero attached hydrogens (tertiary/aromatic N) is 1. The van der Waals surface area contributed by atoms with Crippen LogP contribution in [0.15, 0.2) is 29.2 Å². The van der Waals surface area contributed by atoms with Crippen LogP contribution < -0.4 is 10.5 Å². The van der Waals surface area contributed by atoms with Gasteiger partial charge in [0.15, 0.2) is 0 Å². The number of rotatable bonds is 4. The van der Waals surface area contributed by atoms with Gasteiger partial charge >= 0.3 is 0 Å². The van der Waals surface area contributed by atoms with E-state index in [2.05, 4.69) is 11.4 Å². The molecular weight excluding hydrogens is 278 g/mol. The summed E-state index contributed by atoms with van der Waals surface area (Å²) in [5, 5.41) is 16.7. The van der Waals surface area contributed by atoms with Crippen LogP contribution in [-0.4, -0.2) is 14.3 Å². The Bertz CT molecular complexity index is 655. The fourth-order valence-corrected chi connectivity index (χ4v) is 2.58. The molecule has 3 N–H and O–H groups in total. The highest BCUT2D eigenvalue weighted by atomic mass is 32.2. The van der Waals surface area contributed by atoms with Gasteiger partial charge in [-0.2, -0.15) is 5.26 Å². The van der Waals surface area contributed by atoms with Crippen molar-refractivity contribution in [3.8, 4) is 6.07 Å². The largest absolute Gasteiger partial charge is 0.351 e. The molecule has 0 atom stereocenters. The molecule has 0 saturated heterocycles. The van der Waals surface area contributed by atoms with Gasteiger partial charge in [0.2, 0.25) is 15.9 Å². The summed E-state index contributed by atoms with van der Waals surface area (Å²) in [6, 6.07) is 8.02. The Morgan fingerprint density at radius 3 is 2.35 bits per heavy atom. The lowest BCUT2D eigenvalue weighted by atomic mass is 9.69. The molecule has 0 aromatic heterocycles. The lowest BCUT2D eigenvalue weighted by molar-refractivity contribution is -0.131. The van der Waals surface area contributed by atoms with Crippen LogP contribution in [-0.2, 0) is 21.4 Å². The van der Waals surface area contributed by atoms with Crippen molar-refractivity contribution >= 4 is 15.9 Å². The van der Waals surface area contributed by atoms with Gasteiger partial charge in [-0.15, -0.1) is 0 Å². The van der Waals surface area contributed by atoms with E-state index in [0.29, 0.717) is 12.8 Å². The molecule has 1 aromatic carbocycles. The van der Waals surface area contributed by atoms with Crippen LogP contribution in [0.1, 0.15) is 24.8 Å². The number of sulfonamides is 1. The normalized spacial score (nSPS) is 16.8. The number of amides is 1. The van der Waals surface area contributed by atoms with Crippen molar-refractivity contribution in [2.24, 2.45) is 10.6 Å². The first-order valence-corrected chi connectivity index (χ1v) is 7.73. The van der Waals surface area contributed by atoms with Crippen LogP contribution >= 0.6 is 0 Å². The van der Waals surface area contributed by atoms with Gasteiger partial charge in [-0.05, 0) is 37.0 Å². The maximum absolute atomic E-state index is 11.9. The molecule has 0 heterocycles. The predicted molar refractivity (Wildman–Crippen MR) is 71.6 cm³/mol. The van der Waals surface area contributed by atoms with Crippen LogP contribution in [0.3, 0.4) is 0 Å². The fraction of sp³-hybridized carbons (Fsp3) is 0.385. The van der Waals surface area contributed by atoms with E-state index < -0.39 is 15.4 Å². The highest BCUT2D eigenvalue weighted by Gasteiger charge is 2.44. The Morgan fingerprint density at radius 2 is 1.95 bits per heavy atom. The van der Waals surface area contributed by atoms with Gasteiger partial charge in [0.25, 0.3) is 0 Å². The van der Waals surface area contributed by atoms with E-state index in [4.69, 9.17) is 10.4 Å². The number of carbonyl (C=O) groups is 1. The van der Waals surface area contributed by atoms with Crippen LogP contribution in [0.5, 0.6) is 0 Å². The van der Waals surface area contributed by atoms with Gasteiger partial charge in [0, 0.05) is 6.54 Å². The summed E-state index contributed by atoms with van der Waals surface area (Å²) in [4.78, 5) is 12.0. The first kappa shape index (κ1) is 14.5. The van der Waals surface area contributed by atoms with Crippen LogP contribution in [0, 0.1) is 16.7 Å². The monoisotopic (exact) mass is 293 g/mol. The van der Waals surface area contributed by atoms with Crippen molar-refractivity contribution in [1.82, 2.24) is 5.32 Å². The molecule has 106 valence electrons. The van der Waals surface area contributed by atoms with E-state index in [1.165, 1.54) is 12.1 Å². The molecule has 1 aromatic rings. The predicted octanol–water partition coefficient (Wildman–Crippen LogP) is 0.644. The summed E-state index contributed by atoms with van der Waals surface area (Å²) in [5.41, 5.74) is -0.126. The molecule has 6 nitrogen and oxygen atoms in total. The van der Waals surface area contributed by atoms with Crippen molar-refractivity contribution < 1.29 is 13.2 Å². The summed E-state index contributed by atoms with van der Waals surface area (Å²) < 4.78 is 22.2. The number of nitrogens with one attached hydrogen (secondary N) is 1. The second-order valence-corrected chi connectivity index (χ2v) is 6.48. The second-order valence-electron chi connectivity index (χ2n) is 4.92. The number of nitriles is 1. The fourth-order valence-electron chi connectivity index (χ4n) is 2.07. The highest BCUT2D eigenvalue weighted by molar-refractivity contribution is 7.89. The molecule has 1 aliphatic rings. The zero-order chi connectivity index (χ0) is 14.8. The summed E-state index contributed by atoms with van der Waals surface area (Å²) in [5.74, 6) is -0.262. The Hall–Kier alpha value is -1.91. The molecule has 20 heavy (non-hydrogen) atoms. The third-order valence-electron chi connectivity index (χ3n) is 3.56. The number of hydrogen-bond acceptors (Lipinski definition) is 4. The van der Waals surface area contributed by atoms with Crippen molar-refractivity contribution in [2.75, 3.05) is 0 Å². The van der Waals surface area contributed by atoms with Gasteiger partial charge in [-0.25, -0.2) is 13.6 Å². The highest BCUT2D eigenvalue weighted by Crippen LogP contribution is 2.40. The number of hydrogen-bond donors (Lipinski definition) is 2. The molecule has 0 spiro atoms. The lowest BCUT2D eigenvalue weighted by Crippen LogP contribution is -2.44. The van der Waals surface area contributed by atoms with Gasteiger partial charge in [0.1, 0.15) is 5.41 Å². The Balaban J connectivity index is 1.98. The average molecular weight is 293 g/mol. The number of carbonyl (C=O) groups excluding carboxylic acids is 1. The van der Waals surface area contributed by atoms with E-state index in [0.717, 1.165) is 12.0 Å². The van der Waals surface area contributed by atoms with Crippen molar-refractivity contribution in [1.29, 1.82) is 5.26 Å². The average Bonchev–Trinajstić information content (AvgIpc) is 2.35. The first-order valence-electron chi connectivity index (χ1n) is 6.19. The van der Waals surface area contributed by atoms with Crippen molar-refractivity contribution in [3.05, 3.63) is 29.8 Å². The molecule has 2 rings (SSSR count). The van der Waals surface area contributed by atoms with E-state index >= 15 is 0 Å². The number of primary sulfonamides is 1. The molecule has 1 amide bonds. The first-order chi connectivity index (χ1) is 9.37. The van der Waals surface area contributed by atoms with Crippen molar-refractivity contribution in [2.45, 2.75) is 30.7 Å². The van der Waals surface area contributed by atoms with Crippen molar-refractivity contribution in [3.63, 3.8) is 0 Å². The maximum atomic E-state index is 11.9. The standard InChI is InChI=1S/C13H15N3O3S/c14-9-13(6-1-7-13)12(17)16-8-10-2-4-11(5-3-10)20(15,18)19/h2-5H,1,6-8H2,(H,16,17)(H2,15,18,19). The summed E-state index contributed by atoms with van der Waals surface area (Å²) in [6.45, 7) is 0.257. The molecule has 7 heteroatoms. The molecule has 1 saturated carbocycles. The molecule has 0 aliphatic heterocycles. The van der Waals surface area contributed by atoms with Crippen LogP contribution in [0.2, 0.25) is 0 Å². The SMILES string of the molecule is N#CC1(C(=O)NCc2ccc(S(N)(=O)=O)cc2)CCC1. The smallest absolute Gasteiger partial charge is 0.240 e. The van der Waals surface area contributed by atoms with E-state index in [9.17, 15) is 13.2 Å². The van der Waals surface area contributed by atoms with Gasteiger partial charge in [0.05, 0.1) is 11.0 Å². The molecule has 0 bridgehead atoms. The third kappa shape index (κ3) is 2.81. The van der Waals surface area contributed by atoms with E-state index in [1.54, 1.807) is 12.1 Å². The van der Waals surface area contributed by atoms with E-state index in [-0.39, 0.29) is 17.3 Å². The Kier molecular flexibility index (Phi) is 3.79. The Labute approximate surface area is 117 Å². The minimum Gasteiger partial charge on any atom is -0.351 e. The van der Waals surface area contributed by atoms with Crippen LogP contribution in [0.25, 0.3) is 0 Å². The molecular formula is C13H15N3O3S. The molecule has 0 unspecified atom stereocenters. The zero-order valence-electron chi connectivity index (χ0n) is 10.8. The van der Waals surface area contributed by atoms with Gasteiger partial charge < -0.3 is 5.32 Å². The summed E-state index contributed by atoms with van der Waals surface area (Å²) >= 11 is 0. The van der Waals surface area contributed by atoms with E-state index in [1.807, 2.05) is 0 Å². The Morgan fingerprint density at radius 1 is 1.35 bits per heavy atom. The topological polar surface area (TPSA) is 113 Å². The van der Waals surface area contributed by atoms with Gasteiger partial charge in [-0.3, -0.25) is 4.79 Å². The molecule has 1 aliphatic carbocycles. The molecule has 1 fully saturated rings. The van der Waals surface area contributed by atoms with Gasteiger partial charge in [-0.1, -0.05) is 12.1 Å². The summed E-state index contributed by atoms with van der Waals surface area (Å²) in [7, 11) is -3.70. The maximum Gasteiger partial charge on any atom is 0.240 e. The lowest BCUT2D eigenvalue weighted by Gasteiger charge is -2.33. The summed E-state index contributed by atoms with van der Waals surface area (Å²) in [6.07, 6.45) is 2.09. The molecule has 0 radical (unpaired) electrons. The minimum absolute atomic E-state index is 0.0278. The zero-order valence-corrected chi connectivity index (χ0v) is 11.6. The minimum atomic E-state index is -3.70. The van der Waals surface area contributed by atoms with Crippen LogP contribution in [0.4, 0.5) is 0 Å².